The van der Waals surface area contributed by atoms with Gasteiger partial charge in [-0.05, 0) is 78.1 Å². The third-order valence-electron chi connectivity index (χ3n) is 6.08. The standard InChI is InChI=1S/C29H32N2O5/c1-5-29(2,3)21-8-16-25(17-9-21)36-19-28(34)31-23-12-10-22(11-13-23)30-27(33)18-26(32)20-6-14-24(35-4)15-7-20/h6-17H,5,18-19H2,1-4H3,(H,30,33)(H,31,34). The van der Waals surface area contributed by atoms with E-state index in [2.05, 4.69) is 31.4 Å². The molecule has 36 heavy (non-hydrogen) atoms. The number of carbonyl (C=O) groups excluding carboxylic acids is 3. The Morgan fingerprint density at radius 2 is 1.28 bits per heavy atom. The SMILES string of the molecule is CCC(C)(C)c1ccc(OCC(=O)Nc2ccc(NC(=O)CC(=O)c3ccc(OC)cc3)cc2)cc1. The second-order valence-corrected chi connectivity index (χ2v) is 9.05. The van der Waals surface area contributed by atoms with Crippen LogP contribution >= 0.6 is 0 Å². The number of Topliss-reactive ketones (excluding diaryl/α,β-unsaturated/α-hetero) is 1. The first-order valence-corrected chi connectivity index (χ1v) is 11.8. The number of anilines is 2. The van der Waals surface area contributed by atoms with Crippen LogP contribution in [0.2, 0.25) is 0 Å². The van der Waals surface area contributed by atoms with E-state index in [0.29, 0.717) is 28.4 Å². The summed E-state index contributed by atoms with van der Waals surface area (Å²) in [6.45, 7) is 6.41. The van der Waals surface area contributed by atoms with Crippen molar-refractivity contribution in [2.45, 2.75) is 39.0 Å². The molecule has 7 nitrogen and oxygen atoms in total. The van der Waals surface area contributed by atoms with Crippen LogP contribution in [0.3, 0.4) is 0 Å². The van der Waals surface area contributed by atoms with Crippen LogP contribution in [-0.4, -0.2) is 31.3 Å². The molecule has 2 amide bonds. The van der Waals surface area contributed by atoms with Crippen LogP contribution in [-0.2, 0) is 15.0 Å². The molecule has 0 aliphatic carbocycles. The van der Waals surface area contributed by atoms with Crippen LogP contribution in [0.1, 0.15) is 49.5 Å². The van der Waals surface area contributed by atoms with Gasteiger partial charge in [-0.15, -0.1) is 0 Å². The molecule has 0 heterocycles. The minimum atomic E-state index is -0.422. The molecule has 0 atom stereocenters. The predicted molar refractivity (Wildman–Crippen MR) is 141 cm³/mol. The van der Waals surface area contributed by atoms with Gasteiger partial charge in [0.15, 0.2) is 12.4 Å². The number of benzene rings is 3. The fourth-order valence-electron chi connectivity index (χ4n) is 3.42. The lowest BCUT2D eigenvalue weighted by molar-refractivity contribution is -0.118. The molecule has 3 rings (SSSR count). The van der Waals surface area contributed by atoms with E-state index >= 15 is 0 Å². The Labute approximate surface area is 211 Å². The molecule has 3 aromatic rings. The van der Waals surface area contributed by atoms with Gasteiger partial charge in [-0.3, -0.25) is 14.4 Å². The van der Waals surface area contributed by atoms with E-state index in [1.807, 2.05) is 24.3 Å². The highest BCUT2D eigenvalue weighted by molar-refractivity contribution is 6.11. The largest absolute Gasteiger partial charge is 0.497 e. The molecule has 3 aromatic carbocycles. The molecule has 0 bridgehead atoms. The van der Waals surface area contributed by atoms with Crippen LogP contribution in [0.15, 0.2) is 72.8 Å². The summed E-state index contributed by atoms with van der Waals surface area (Å²) in [6.07, 6.45) is 0.749. The molecule has 0 unspecified atom stereocenters. The lowest BCUT2D eigenvalue weighted by atomic mass is 9.82. The average molecular weight is 489 g/mol. The van der Waals surface area contributed by atoms with Gasteiger partial charge in [-0.2, -0.15) is 0 Å². The van der Waals surface area contributed by atoms with E-state index in [9.17, 15) is 14.4 Å². The van der Waals surface area contributed by atoms with Crippen LogP contribution in [0.5, 0.6) is 11.5 Å². The quantitative estimate of drug-likeness (QED) is 0.270. The summed E-state index contributed by atoms with van der Waals surface area (Å²) in [7, 11) is 1.54. The Balaban J connectivity index is 1.45. The molecule has 0 aliphatic heterocycles. The first kappa shape index (κ1) is 26.5. The van der Waals surface area contributed by atoms with E-state index in [1.54, 1.807) is 55.6 Å². The van der Waals surface area contributed by atoms with Gasteiger partial charge in [0.2, 0.25) is 5.91 Å². The second-order valence-electron chi connectivity index (χ2n) is 9.05. The summed E-state index contributed by atoms with van der Waals surface area (Å²) >= 11 is 0. The van der Waals surface area contributed by atoms with Crippen LogP contribution < -0.4 is 20.1 Å². The van der Waals surface area contributed by atoms with Crippen molar-refractivity contribution in [3.8, 4) is 11.5 Å². The van der Waals surface area contributed by atoms with Gasteiger partial charge < -0.3 is 20.1 Å². The molecule has 2 N–H and O–H groups in total. The fraction of sp³-hybridized carbons (Fsp3) is 0.276. The highest BCUT2D eigenvalue weighted by atomic mass is 16.5. The van der Waals surface area contributed by atoms with Crippen molar-refractivity contribution in [2.24, 2.45) is 0 Å². The normalized spacial score (nSPS) is 10.9. The molecule has 0 saturated heterocycles. The predicted octanol–water partition coefficient (Wildman–Crippen LogP) is 5.61. The Morgan fingerprint density at radius 3 is 1.81 bits per heavy atom. The molecule has 0 fully saturated rings. The number of nitrogens with one attached hydrogen (secondary N) is 2. The second kappa shape index (κ2) is 12.0. The molecule has 0 radical (unpaired) electrons. The molecule has 188 valence electrons. The first-order chi connectivity index (χ1) is 17.2. The van der Waals surface area contributed by atoms with Crippen LogP contribution in [0, 0.1) is 0 Å². The topological polar surface area (TPSA) is 93.7 Å². The van der Waals surface area contributed by atoms with Crippen LogP contribution in [0.4, 0.5) is 11.4 Å². The molecule has 7 heteroatoms. The van der Waals surface area contributed by atoms with E-state index in [1.165, 1.54) is 5.56 Å². The number of ketones is 1. The summed E-state index contributed by atoms with van der Waals surface area (Å²) in [5, 5.41) is 5.45. The van der Waals surface area contributed by atoms with Gasteiger partial charge in [-0.25, -0.2) is 0 Å². The van der Waals surface area contributed by atoms with Crippen molar-refractivity contribution < 1.29 is 23.9 Å². The average Bonchev–Trinajstić information content (AvgIpc) is 2.89. The number of rotatable bonds is 11. The maximum absolute atomic E-state index is 12.3. The maximum Gasteiger partial charge on any atom is 0.262 e. The summed E-state index contributed by atoms with van der Waals surface area (Å²) in [4.78, 5) is 36.8. The summed E-state index contributed by atoms with van der Waals surface area (Å²) in [5.41, 5.74) is 2.84. The Bertz CT molecular complexity index is 1180. The van der Waals surface area contributed by atoms with E-state index in [-0.39, 0.29) is 30.1 Å². The number of methoxy groups -OCH3 is 1. The summed E-state index contributed by atoms with van der Waals surface area (Å²) in [6, 6.07) is 21.0. The third-order valence-corrected chi connectivity index (χ3v) is 6.08. The third kappa shape index (κ3) is 7.43. The number of ether oxygens (including phenoxy) is 2. The van der Waals surface area contributed by atoms with Crippen molar-refractivity contribution >= 4 is 29.0 Å². The Morgan fingerprint density at radius 1 is 0.750 bits per heavy atom. The van der Waals surface area contributed by atoms with Gasteiger partial charge in [0.05, 0.1) is 13.5 Å². The summed E-state index contributed by atoms with van der Waals surface area (Å²) in [5.74, 6) is 0.259. The van der Waals surface area contributed by atoms with Crippen LogP contribution in [0.25, 0.3) is 0 Å². The minimum absolute atomic E-state index is 0.0909. The first-order valence-electron chi connectivity index (χ1n) is 11.8. The van der Waals surface area contributed by atoms with Gasteiger partial charge >= 0.3 is 0 Å². The number of hydrogen-bond acceptors (Lipinski definition) is 5. The highest BCUT2D eigenvalue weighted by Gasteiger charge is 2.17. The zero-order valence-electron chi connectivity index (χ0n) is 21.1. The van der Waals surface area contributed by atoms with Crippen molar-refractivity contribution in [2.75, 3.05) is 24.4 Å². The van der Waals surface area contributed by atoms with E-state index in [4.69, 9.17) is 9.47 Å². The lowest BCUT2D eigenvalue weighted by Gasteiger charge is -2.23. The zero-order chi connectivity index (χ0) is 26.1. The monoisotopic (exact) mass is 488 g/mol. The Hall–Kier alpha value is -4.13. The number of carbonyl (C=O) groups is 3. The van der Waals surface area contributed by atoms with Crippen molar-refractivity contribution in [1.29, 1.82) is 0 Å². The van der Waals surface area contributed by atoms with Gasteiger partial charge in [-0.1, -0.05) is 32.9 Å². The van der Waals surface area contributed by atoms with Crippen molar-refractivity contribution in [3.05, 3.63) is 83.9 Å². The molecular weight excluding hydrogens is 456 g/mol. The minimum Gasteiger partial charge on any atom is -0.497 e. The molecule has 0 saturated carbocycles. The van der Waals surface area contributed by atoms with E-state index < -0.39 is 5.91 Å². The van der Waals surface area contributed by atoms with Gasteiger partial charge in [0, 0.05) is 16.9 Å². The van der Waals surface area contributed by atoms with Crippen molar-refractivity contribution in [1.82, 2.24) is 0 Å². The Kier molecular flexibility index (Phi) is 8.84. The number of hydrogen-bond donors (Lipinski definition) is 2. The lowest BCUT2D eigenvalue weighted by Crippen LogP contribution is -2.20. The molecule has 0 aromatic heterocycles. The van der Waals surface area contributed by atoms with E-state index in [0.717, 1.165) is 6.42 Å². The number of amides is 2. The zero-order valence-corrected chi connectivity index (χ0v) is 21.1. The molecule has 0 aliphatic rings. The molecular formula is C29H32N2O5. The maximum atomic E-state index is 12.3. The molecule has 0 spiro atoms. The summed E-state index contributed by atoms with van der Waals surface area (Å²) < 4.78 is 10.7. The van der Waals surface area contributed by atoms with Crippen molar-refractivity contribution in [3.63, 3.8) is 0 Å². The smallest absolute Gasteiger partial charge is 0.262 e. The fourth-order valence-corrected chi connectivity index (χ4v) is 3.42. The highest BCUT2D eigenvalue weighted by Crippen LogP contribution is 2.28. The van der Waals surface area contributed by atoms with Gasteiger partial charge in [0.25, 0.3) is 5.91 Å². The van der Waals surface area contributed by atoms with Gasteiger partial charge in [0.1, 0.15) is 11.5 Å².